The molecule has 0 N–H and O–H groups in total. The van der Waals surface area contributed by atoms with E-state index in [4.69, 9.17) is 15.0 Å². The number of benzene rings is 4. The van der Waals surface area contributed by atoms with Gasteiger partial charge in [-0.05, 0) is 54.8 Å². The zero-order chi connectivity index (χ0) is 27.1. The van der Waals surface area contributed by atoms with E-state index in [1.165, 1.54) is 11.1 Å². The Morgan fingerprint density at radius 3 is 1.65 bits per heavy atom. The van der Waals surface area contributed by atoms with Crippen molar-refractivity contribution in [2.45, 2.75) is 13.8 Å². The van der Waals surface area contributed by atoms with E-state index in [9.17, 15) is 0 Å². The molecule has 0 spiro atoms. The maximum atomic E-state index is 5.09. The summed E-state index contributed by atoms with van der Waals surface area (Å²) >= 11 is 0. The maximum Gasteiger partial charge on any atom is 0.0972 e. The van der Waals surface area contributed by atoms with E-state index in [0.717, 1.165) is 66.8 Å². The van der Waals surface area contributed by atoms with Gasteiger partial charge in [0.05, 0.1) is 28.1 Å². The molecule has 0 atom stereocenters. The molecule has 40 heavy (non-hydrogen) atoms. The summed E-state index contributed by atoms with van der Waals surface area (Å²) in [5.74, 6) is 0. The van der Waals surface area contributed by atoms with Crippen LogP contribution in [0.5, 0.6) is 0 Å². The summed E-state index contributed by atoms with van der Waals surface area (Å²) in [4.78, 5) is 15.0. The van der Waals surface area contributed by atoms with Gasteiger partial charge in [-0.2, -0.15) is 0 Å². The Morgan fingerprint density at radius 2 is 0.975 bits per heavy atom. The lowest BCUT2D eigenvalue weighted by Crippen LogP contribution is -1.93. The van der Waals surface area contributed by atoms with Gasteiger partial charge in [0.25, 0.3) is 0 Å². The molecule has 7 aromatic rings. The first-order valence-corrected chi connectivity index (χ1v) is 13.5. The van der Waals surface area contributed by atoms with Crippen molar-refractivity contribution in [3.05, 3.63) is 139 Å². The largest absolute Gasteiger partial charge is 0.251 e. The smallest absolute Gasteiger partial charge is 0.0972 e. The number of rotatable bonds is 4. The highest BCUT2D eigenvalue weighted by molar-refractivity contribution is 6.04. The number of pyridine rings is 3. The van der Waals surface area contributed by atoms with Gasteiger partial charge in [-0.3, -0.25) is 4.98 Å². The van der Waals surface area contributed by atoms with Crippen LogP contribution >= 0.6 is 0 Å². The van der Waals surface area contributed by atoms with Crippen molar-refractivity contribution in [2.24, 2.45) is 0 Å². The monoisotopic (exact) mass is 513 g/mol. The third-order valence-corrected chi connectivity index (χ3v) is 7.45. The SMILES string of the molecule is Cc1cc(C)c2ccc3ccc(-c4ccc(-c5cc(-c6ccccc6)cc(-c6ccccc6)n5)cc4)nc3c2n1. The first-order valence-electron chi connectivity index (χ1n) is 13.5. The fourth-order valence-electron chi connectivity index (χ4n) is 5.41. The van der Waals surface area contributed by atoms with E-state index in [1.807, 2.05) is 19.1 Å². The number of aryl methyl sites for hydroxylation is 2. The van der Waals surface area contributed by atoms with Gasteiger partial charge in [0.1, 0.15) is 0 Å². The Hall–Kier alpha value is -5.15. The molecule has 0 radical (unpaired) electrons. The molecule has 0 saturated heterocycles. The quantitative estimate of drug-likeness (QED) is 0.220. The van der Waals surface area contributed by atoms with Crippen molar-refractivity contribution < 1.29 is 0 Å². The van der Waals surface area contributed by atoms with Crippen LogP contribution < -0.4 is 0 Å². The second-order valence-electron chi connectivity index (χ2n) is 10.2. The van der Waals surface area contributed by atoms with E-state index in [2.05, 4.69) is 122 Å². The summed E-state index contributed by atoms with van der Waals surface area (Å²) in [5, 5.41) is 2.25. The number of fused-ring (bicyclic) bond motifs is 3. The van der Waals surface area contributed by atoms with Crippen LogP contribution in [0.15, 0.2) is 127 Å². The standard InChI is InChI=1S/C37H27N3/c1-24-21-25(2)38-37-32(24)19-17-30-18-20-33(40-36(30)37)28-13-15-29(16-14-28)35-23-31(26-9-5-3-6-10-26)22-34(39-35)27-11-7-4-8-12-27/h3-23H,1-2H3. The van der Waals surface area contributed by atoms with Gasteiger partial charge in [0.2, 0.25) is 0 Å². The summed E-state index contributed by atoms with van der Waals surface area (Å²) in [6, 6.07) is 44.4. The van der Waals surface area contributed by atoms with Crippen LogP contribution in [-0.2, 0) is 0 Å². The molecule has 0 aliphatic heterocycles. The third kappa shape index (κ3) is 4.42. The van der Waals surface area contributed by atoms with Gasteiger partial charge in [0, 0.05) is 33.2 Å². The minimum Gasteiger partial charge on any atom is -0.251 e. The van der Waals surface area contributed by atoms with Crippen molar-refractivity contribution >= 4 is 21.8 Å². The van der Waals surface area contributed by atoms with E-state index >= 15 is 0 Å². The lowest BCUT2D eigenvalue weighted by atomic mass is 9.99. The minimum absolute atomic E-state index is 0.934. The van der Waals surface area contributed by atoms with E-state index < -0.39 is 0 Å². The maximum absolute atomic E-state index is 5.09. The Kier molecular flexibility index (Phi) is 5.90. The van der Waals surface area contributed by atoms with Crippen molar-refractivity contribution in [1.82, 2.24) is 15.0 Å². The predicted octanol–water partition coefficient (Wildman–Crippen LogP) is 9.46. The lowest BCUT2D eigenvalue weighted by molar-refractivity contribution is 1.23. The third-order valence-electron chi connectivity index (χ3n) is 7.45. The van der Waals surface area contributed by atoms with Crippen molar-refractivity contribution in [3.63, 3.8) is 0 Å². The van der Waals surface area contributed by atoms with Crippen LogP contribution in [0.3, 0.4) is 0 Å². The molecule has 3 heterocycles. The molecule has 0 unspecified atom stereocenters. The Balaban J connectivity index is 1.31. The highest BCUT2D eigenvalue weighted by Crippen LogP contribution is 2.32. The average molecular weight is 514 g/mol. The molecule has 3 nitrogen and oxygen atoms in total. The second-order valence-corrected chi connectivity index (χ2v) is 10.2. The zero-order valence-electron chi connectivity index (χ0n) is 22.5. The highest BCUT2D eigenvalue weighted by atomic mass is 14.8. The van der Waals surface area contributed by atoms with Crippen molar-refractivity contribution in [1.29, 1.82) is 0 Å². The molecule has 0 saturated carbocycles. The van der Waals surface area contributed by atoms with Crippen LogP contribution in [0.1, 0.15) is 11.3 Å². The van der Waals surface area contributed by atoms with E-state index in [0.29, 0.717) is 0 Å². The molecule has 3 aromatic heterocycles. The van der Waals surface area contributed by atoms with Crippen molar-refractivity contribution in [3.8, 4) is 44.9 Å². The fraction of sp³-hybridized carbons (Fsp3) is 0.0541. The number of hydrogen-bond donors (Lipinski definition) is 0. The highest BCUT2D eigenvalue weighted by Gasteiger charge is 2.11. The molecule has 0 amide bonds. The van der Waals surface area contributed by atoms with Gasteiger partial charge >= 0.3 is 0 Å². The Bertz CT molecular complexity index is 1940. The number of hydrogen-bond acceptors (Lipinski definition) is 3. The first kappa shape index (κ1) is 23.9. The van der Waals surface area contributed by atoms with Crippen LogP contribution in [0.4, 0.5) is 0 Å². The second kappa shape index (κ2) is 9.87. The molecule has 0 bridgehead atoms. The zero-order valence-corrected chi connectivity index (χ0v) is 22.5. The van der Waals surface area contributed by atoms with Crippen molar-refractivity contribution in [2.75, 3.05) is 0 Å². The molecular weight excluding hydrogens is 486 g/mol. The Labute approximate surface area is 233 Å². The number of nitrogens with zero attached hydrogens (tertiary/aromatic N) is 3. The lowest BCUT2D eigenvalue weighted by Gasteiger charge is -2.11. The summed E-state index contributed by atoms with van der Waals surface area (Å²) in [6.07, 6.45) is 0. The van der Waals surface area contributed by atoms with E-state index in [1.54, 1.807) is 0 Å². The normalized spacial score (nSPS) is 11.2. The summed E-state index contributed by atoms with van der Waals surface area (Å²) in [6.45, 7) is 4.17. The fourth-order valence-corrected chi connectivity index (χ4v) is 5.41. The van der Waals surface area contributed by atoms with Gasteiger partial charge in [-0.1, -0.05) is 103 Å². The number of aromatic nitrogens is 3. The molecule has 4 aromatic carbocycles. The molecule has 0 fully saturated rings. The van der Waals surface area contributed by atoms with Crippen LogP contribution in [0.2, 0.25) is 0 Å². The predicted molar refractivity (Wildman–Crippen MR) is 166 cm³/mol. The van der Waals surface area contributed by atoms with E-state index in [-0.39, 0.29) is 0 Å². The Morgan fingerprint density at radius 1 is 0.400 bits per heavy atom. The minimum atomic E-state index is 0.934. The van der Waals surface area contributed by atoms with Gasteiger partial charge in [0.15, 0.2) is 0 Å². The summed E-state index contributed by atoms with van der Waals surface area (Å²) < 4.78 is 0. The molecule has 0 aliphatic rings. The van der Waals surface area contributed by atoms with Crippen LogP contribution in [-0.4, -0.2) is 15.0 Å². The summed E-state index contributed by atoms with van der Waals surface area (Å²) in [7, 11) is 0. The van der Waals surface area contributed by atoms with Gasteiger partial charge < -0.3 is 0 Å². The first-order chi connectivity index (χ1) is 19.6. The van der Waals surface area contributed by atoms with Gasteiger partial charge in [-0.15, -0.1) is 0 Å². The molecule has 7 rings (SSSR count). The van der Waals surface area contributed by atoms with Crippen LogP contribution in [0.25, 0.3) is 66.7 Å². The summed E-state index contributed by atoms with van der Waals surface area (Å²) in [5.41, 5.74) is 12.5. The topological polar surface area (TPSA) is 38.7 Å². The van der Waals surface area contributed by atoms with Crippen LogP contribution in [0, 0.1) is 13.8 Å². The molecule has 3 heteroatoms. The van der Waals surface area contributed by atoms with Gasteiger partial charge in [-0.25, -0.2) is 9.97 Å². The molecule has 190 valence electrons. The average Bonchev–Trinajstić information content (AvgIpc) is 3.01. The molecule has 0 aliphatic carbocycles. The molecular formula is C37H27N3.